The van der Waals surface area contributed by atoms with Crippen LogP contribution in [-0.4, -0.2) is 34.1 Å². The van der Waals surface area contributed by atoms with Crippen LogP contribution >= 0.6 is 0 Å². The van der Waals surface area contributed by atoms with E-state index in [1.54, 1.807) is 12.4 Å². The molecule has 0 aliphatic carbocycles. The number of nitrogens with zero attached hydrogens (tertiary/aromatic N) is 2. The van der Waals surface area contributed by atoms with Crippen LogP contribution in [0.2, 0.25) is 0 Å². The molecule has 1 aliphatic rings. The molecule has 1 rings (SSSR count). The second-order valence-corrected chi connectivity index (χ2v) is 5.57. The molecule has 0 fully saturated rings. The topological polar surface area (TPSA) is 75.7 Å². The summed E-state index contributed by atoms with van der Waals surface area (Å²) in [4.78, 5) is 15.5. The van der Waals surface area contributed by atoms with Gasteiger partial charge in [0.1, 0.15) is 12.4 Å². The first-order valence-corrected chi connectivity index (χ1v) is 7.77. The first-order chi connectivity index (χ1) is 10.0. The summed E-state index contributed by atoms with van der Waals surface area (Å²) < 4.78 is 0.154. The van der Waals surface area contributed by atoms with E-state index in [4.69, 9.17) is 10.8 Å². The molecule has 118 valence electrons. The second-order valence-electron chi connectivity index (χ2n) is 5.57. The van der Waals surface area contributed by atoms with E-state index in [9.17, 15) is 4.79 Å². The Morgan fingerprint density at radius 2 is 2.14 bits per heavy atom. The van der Waals surface area contributed by atoms with Crippen molar-refractivity contribution >= 4 is 11.8 Å². The third-order valence-electron chi connectivity index (χ3n) is 3.80. The number of aliphatic imine (C=N–C) groups is 1. The molecule has 0 bridgehead atoms. The smallest absolute Gasteiger partial charge is 0.360 e. The molecule has 2 atom stereocenters. The predicted molar refractivity (Wildman–Crippen MR) is 85.5 cm³/mol. The molecule has 0 saturated heterocycles. The van der Waals surface area contributed by atoms with Crippen molar-refractivity contribution in [3.8, 4) is 0 Å². The van der Waals surface area contributed by atoms with Crippen LogP contribution in [0.5, 0.6) is 0 Å². The number of hydrogen-bond donors (Lipinski definition) is 2. The molecule has 0 spiro atoms. The Labute approximate surface area is 127 Å². The quantitative estimate of drug-likeness (QED) is 0.369. The van der Waals surface area contributed by atoms with Gasteiger partial charge in [-0.2, -0.15) is 0 Å². The van der Waals surface area contributed by atoms with Gasteiger partial charge >= 0.3 is 5.97 Å². The van der Waals surface area contributed by atoms with Crippen molar-refractivity contribution in [2.45, 2.75) is 58.5 Å². The van der Waals surface area contributed by atoms with Crippen LogP contribution in [-0.2, 0) is 4.79 Å². The number of carboxylic acids is 1. The normalized spacial score (nSPS) is 22.7. The molecule has 0 amide bonds. The zero-order valence-corrected chi connectivity index (χ0v) is 13.2. The number of quaternary nitrogens is 1. The molecule has 5 nitrogen and oxygen atoms in total. The second kappa shape index (κ2) is 8.74. The van der Waals surface area contributed by atoms with Gasteiger partial charge in [-0.15, -0.1) is 0 Å². The average Bonchev–Trinajstić information content (AvgIpc) is 2.81. The third kappa shape index (κ3) is 5.10. The van der Waals surface area contributed by atoms with Crippen molar-refractivity contribution in [2.24, 2.45) is 10.7 Å². The molecular weight excluding hydrogens is 266 g/mol. The molecule has 5 heteroatoms. The Balaban J connectivity index is 2.48. The summed E-state index contributed by atoms with van der Waals surface area (Å²) >= 11 is 0. The van der Waals surface area contributed by atoms with E-state index in [0.717, 1.165) is 37.9 Å². The number of aliphatic carboxylic acids is 1. The number of hydrogen-bond acceptors (Lipinski definition) is 3. The fourth-order valence-electron chi connectivity index (χ4n) is 2.53. The molecule has 0 aromatic rings. The minimum Gasteiger partial charge on any atom is -0.477 e. The van der Waals surface area contributed by atoms with E-state index in [1.807, 2.05) is 6.92 Å². The van der Waals surface area contributed by atoms with Crippen LogP contribution in [0.1, 0.15) is 52.4 Å². The summed E-state index contributed by atoms with van der Waals surface area (Å²) in [5, 5.41) is 9.13. The fourth-order valence-corrected chi connectivity index (χ4v) is 2.53. The van der Waals surface area contributed by atoms with E-state index < -0.39 is 5.97 Å². The third-order valence-corrected chi connectivity index (χ3v) is 3.80. The molecule has 21 heavy (non-hydrogen) atoms. The monoisotopic (exact) mass is 294 g/mol. The number of allylic oxidation sites excluding steroid dienone is 2. The Morgan fingerprint density at radius 3 is 2.76 bits per heavy atom. The van der Waals surface area contributed by atoms with E-state index in [-0.39, 0.29) is 17.2 Å². The average molecular weight is 294 g/mol. The Kier molecular flexibility index (Phi) is 7.32. The zero-order valence-electron chi connectivity index (χ0n) is 13.2. The molecule has 1 aliphatic heterocycles. The van der Waals surface area contributed by atoms with Crippen LogP contribution in [0.25, 0.3) is 0 Å². The minimum atomic E-state index is -0.853. The Morgan fingerprint density at radius 1 is 1.43 bits per heavy atom. The van der Waals surface area contributed by atoms with Crippen molar-refractivity contribution < 1.29 is 14.4 Å². The van der Waals surface area contributed by atoms with E-state index in [2.05, 4.69) is 24.1 Å². The van der Waals surface area contributed by atoms with Gasteiger partial charge in [-0.1, -0.05) is 25.5 Å². The highest BCUT2D eigenvalue weighted by Crippen LogP contribution is 2.23. The van der Waals surface area contributed by atoms with Gasteiger partial charge in [-0.3, -0.25) is 5.73 Å². The lowest BCUT2D eigenvalue weighted by atomic mass is 10.1. The minimum absolute atomic E-state index is 0.0383. The predicted octanol–water partition coefficient (Wildman–Crippen LogP) is 2.99. The van der Waals surface area contributed by atoms with Gasteiger partial charge in [0.05, 0.1) is 6.20 Å². The van der Waals surface area contributed by atoms with Crippen LogP contribution in [0.3, 0.4) is 0 Å². The van der Waals surface area contributed by atoms with Gasteiger partial charge in [0.15, 0.2) is 6.54 Å². The number of unbranched alkanes of at least 4 members (excludes halogenated alkanes) is 3. The van der Waals surface area contributed by atoms with Gasteiger partial charge < -0.3 is 5.11 Å². The number of rotatable bonds is 10. The molecular formula is C16H28N3O2+. The Bertz CT molecular complexity index is 427. The maximum atomic E-state index is 11.1. The van der Waals surface area contributed by atoms with Crippen molar-refractivity contribution in [1.82, 2.24) is 0 Å². The number of carboxylic acid groups (broad SMARTS) is 1. The highest BCUT2D eigenvalue weighted by molar-refractivity contribution is 5.81. The van der Waals surface area contributed by atoms with E-state index in [0.29, 0.717) is 0 Å². The van der Waals surface area contributed by atoms with Crippen LogP contribution < -0.4 is 5.73 Å². The van der Waals surface area contributed by atoms with E-state index in [1.165, 1.54) is 6.42 Å². The Hall–Kier alpha value is -1.46. The standard InChI is InChI=1S/C16H27N3O2/c1-3-4-5-6-7-8-9-10-15-18-11-12-19(15,14(2)17)13-16(20)21/h5-6,11-12,14H,3-4,7-10,13,17H2,1-2H3/p+1/b6-5+. The number of nitrogens with two attached hydrogens (primary N) is 1. The van der Waals surface area contributed by atoms with Crippen LogP contribution in [0.4, 0.5) is 0 Å². The van der Waals surface area contributed by atoms with Crippen molar-refractivity contribution in [1.29, 1.82) is 0 Å². The van der Waals surface area contributed by atoms with E-state index >= 15 is 0 Å². The lowest BCUT2D eigenvalue weighted by molar-refractivity contribution is -0.805. The van der Waals surface area contributed by atoms with Gasteiger partial charge in [0.2, 0.25) is 5.84 Å². The van der Waals surface area contributed by atoms with Crippen molar-refractivity contribution in [3.05, 3.63) is 24.6 Å². The molecule has 1 heterocycles. The highest BCUT2D eigenvalue weighted by Gasteiger charge is 2.40. The van der Waals surface area contributed by atoms with Gasteiger partial charge in [-0.05, 0) is 25.7 Å². The zero-order chi connectivity index (χ0) is 15.7. The maximum absolute atomic E-state index is 11.1. The molecule has 0 aromatic carbocycles. The first-order valence-electron chi connectivity index (χ1n) is 7.77. The summed E-state index contributed by atoms with van der Waals surface area (Å²) in [5.41, 5.74) is 6.02. The SMILES string of the molecule is CCC/C=C/CCCCC1=NC=C[N+]1(CC(=O)O)C(C)N. The van der Waals surface area contributed by atoms with Crippen LogP contribution in [0.15, 0.2) is 29.5 Å². The summed E-state index contributed by atoms with van der Waals surface area (Å²) in [5.74, 6) is 0.0130. The molecule has 3 N–H and O–H groups in total. The highest BCUT2D eigenvalue weighted by atomic mass is 16.4. The van der Waals surface area contributed by atoms with Gasteiger partial charge in [0, 0.05) is 13.3 Å². The summed E-state index contributed by atoms with van der Waals surface area (Å²) in [6.45, 7) is 3.97. The molecule has 0 saturated carbocycles. The summed E-state index contributed by atoms with van der Waals surface area (Å²) in [6.07, 6.45) is 13.9. The lowest BCUT2D eigenvalue weighted by Crippen LogP contribution is -2.59. The van der Waals surface area contributed by atoms with Crippen molar-refractivity contribution in [2.75, 3.05) is 6.54 Å². The van der Waals surface area contributed by atoms with Crippen molar-refractivity contribution in [3.63, 3.8) is 0 Å². The van der Waals surface area contributed by atoms with Gasteiger partial charge in [-0.25, -0.2) is 14.3 Å². The summed E-state index contributed by atoms with van der Waals surface area (Å²) in [7, 11) is 0. The lowest BCUT2D eigenvalue weighted by Gasteiger charge is -2.34. The fraction of sp³-hybridized carbons (Fsp3) is 0.625. The summed E-state index contributed by atoms with van der Waals surface area (Å²) in [6, 6.07) is 0. The maximum Gasteiger partial charge on any atom is 0.360 e. The first kappa shape index (κ1) is 17.6. The number of carbonyl (C=O) groups is 1. The largest absolute Gasteiger partial charge is 0.477 e. The molecule has 0 radical (unpaired) electrons. The van der Waals surface area contributed by atoms with Crippen LogP contribution in [0, 0.1) is 0 Å². The molecule has 2 unspecified atom stereocenters. The molecule has 0 aromatic heterocycles. The van der Waals surface area contributed by atoms with Gasteiger partial charge in [0.25, 0.3) is 0 Å². The number of amidine groups is 1.